The highest BCUT2D eigenvalue weighted by molar-refractivity contribution is 6.32. The molecule has 0 aliphatic heterocycles. The number of esters is 2. The number of ether oxygens (including phenoxy) is 2. The van der Waals surface area contributed by atoms with Gasteiger partial charge in [0, 0.05) is 11.8 Å². The van der Waals surface area contributed by atoms with Gasteiger partial charge in [0.2, 0.25) is 0 Å². The number of hydrogen-bond acceptors (Lipinski definition) is 4. The van der Waals surface area contributed by atoms with Gasteiger partial charge in [0.1, 0.15) is 0 Å². The van der Waals surface area contributed by atoms with Crippen LogP contribution >= 0.6 is 23.2 Å². The van der Waals surface area contributed by atoms with Crippen LogP contribution in [0.15, 0.2) is 23.3 Å². The van der Waals surface area contributed by atoms with Gasteiger partial charge in [-0.15, -0.1) is 23.2 Å². The van der Waals surface area contributed by atoms with Gasteiger partial charge in [0.05, 0.1) is 36.1 Å². The lowest BCUT2D eigenvalue weighted by atomic mass is 9.51. The van der Waals surface area contributed by atoms with Crippen LogP contribution in [0, 0.1) is 23.7 Å². The minimum absolute atomic E-state index is 0.0803. The highest BCUT2D eigenvalue weighted by Crippen LogP contribution is 2.60. The average Bonchev–Trinajstić information content (AvgIpc) is 2.50. The van der Waals surface area contributed by atoms with E-state index in [-0.39, 0.29) is 34.4 Å². The van der Waals surface area contributed by atoms with E-state index in [0.717, 1.165) is 0 Å². The van der Waals surface area contributed by atoms with Gasteiger partial charge < -0.3 is 9.47 Å². The summed E-state index contributed by atoms with van der Waals surface area (Å²) in [5.41, 5.74) is 0.754. The summed E-state index contributed by atoms with van der Waals surface area (Å²) in [7, 11) is 2.61. The molecule has 1 unspecified atom stereocenters. The second-order valence-electron chi connectivity index (χ2n) is 5.29. The molecule has 6 atom stereocenters. The molecule has 0 spiro atoms. The molecule has 0 aromatic heterocycles. The van der Waals surface area contributed by atoms with Gasteiger partial charge in [-0.1, -0.05) is 12.2 Å². The third-order valence-electron chi connectivity index (χ3n) is 4.61. The number of allylic oxidation sites excluding steroid dienone is 2. The molecule has 0 saturated heterocycles. The van der Waals surface area contributed by atoms with Crippen molar-refractivity contribution in [1.82, 2.24) is 0 Å². The SMILES string of the molecule is COC(=O)C1=C(C(=O)OC)[C@H]2C=C[C@H]1C1[C@@H]2[C@H](Cl)[C@@H]1Cl. The average molecular weight is 317 g/mol. The predicted molar refractivity (Wildman–Crippen MR) is 73.4 cm³/mol. The van der Waals surface area contributed by atoms with Crippen LogP contribution in [0.5, 0.6) is 0 Å². The molecule has 0 N–H and O–H groups in total. The quantitative estimate of drug-likeness (QED) is 0.443. The fourth-order valence-corrected chi connectivity index (χ4v) is 4.71. The largest absolute Gasteiger partial charge is 0.466 e. The second-order valence-corrected chi connectivity index (χ2v) is 6.30. The molecule has 4 nitrogen and oxygen atoms in total. The molecule has 20 heavy (non-hydrogen) atoms. The smallest absolute Gasteiger partial charge is 0.334 e. The molecule has 1 saturated carbocycles. The zero-order valence-electron chi connectivity index (χ0n) is 11.0. The fourth-order valence-electron chi connectivity index (χ4n) is 3.72. The van der Waals surface area contributed by atoms with Gasteiger partial charge in [-0.05, 0) is 11.8 Å². The van der Waals surface area contributed by atoms with Crippen LogP contribution in [0.25, 0.3) is 0 Å². The fraction of sp³-hybridized carbons (Fsp3) is 0.571. The Hall–Kier alpha value is -1.00. The molecule has 4 rings (SSSR count). The Morgan fingerprint density at radius 1 is 0.900 bits per heavy atom. The summed E-state index contributed by atoms with van der Waals surface area (Å²) in [6.07, 6.45) is 3.87. The summed E-state index contributed by atoms with van der Waals surface area (Å²) in [6, 6.07) is 0. The monoisotopic (exact) mass is 316 g/mol. The standard InChI is InChI=1S/C14H14Cl2O4/c1-19-13(17)9-5-3-4-6(10(9)14(18)20-2)8-7(5)11(15)12(8)16/h3-8,11-12H,1-2H3/t5-,6-,7+,8?,11-,12+/m0/s1. The first-order valence-corrected chi connectivity index (χ1v) is 7.27. The Balaban J connectivity index is 2.11. The van der Waals surface area contributed by atoms with Crippen molar-refractivity contribution in [2.45, 2.75) is 10.8 Å². The van der Waals surface area contributed by atoms with Gasteiger partial charge in [-0.3, -0.25) is 0 Å². The zero-order valence-corrected chi connectivity index (χ0v) is 12.5. The molecule has 6 heteroatoms. The summed E-state index contributed by atoms with van der Waals surface area (Å²) < 4.78 is 9.64. The number of carbonyl (C=O) groups is 2. The Kier molecular flexibility index (Phi) is 3.33. The van der Waals surface area contributed by atoms with Crippen LogP contribution in [-0.4, -0.2) is 36.9 Å². The van der Waals surface area contributed by atoms with Crippen molar-refractivity contribution in [3.05, 3.63) is 23.3 Å². The van der Waals surface area contributed by atoms with Crippen LogP contribution in [0.3, 0.4) is 0 Å². The third kappa shape index (κ3) is 1.61. The van der Waals surface area contributed by atoms with Crippen LogP contribution in [-0.2, 0) is 19.1 Å². The molecule has 0 amide bonds. The van der Waals surface area contributed by atoms with Crippen molar-refractivity contribution in [2.75, 3.05) is 14.2 Å². The van der Waals surface area contributed by atoms with Crippen molar-refractivity contribution in [3.8, 4) is 0 Å². The molecular formula is C14H14Cl2O4. The molecule has 1 fully saturated rings. The molecule has 4 aliphatic rings. The van der Waals surface area contributed by atoms with E-state index >= 15 is 0 Å². The van der Waals surface area contributed by atoms with E-state index in [1.165, 1.54) is 14.2 Å². The summed E-state index contributed by atoms with van der Waals surface area (Å²) in [5, 5.41) is -0.393. The van der Waals surface area contributed by atoms with Crippen molar-refractivity contribution in [1.29, 1.82) is 0 Å². The van der Waals surface area contributed by atoms with Crippen molar-refractivity contribution in [3.63, 3.8) is 0 Å². The highest BCUT2D eigenvalue weighted by Gasteiger charge is 2.62. The number of rotatable bonds is 2. The van der Waals surface area contributed by atoms with Crippen molar-refractivity contribution < 1.29 is 19.1 Å². The first-order chi connectivity index (χ1) is 9.52. The number of hydrogen-bond donors (Lipinski definition) is 0. The highest BCUT2D eigenvalue weighted by atomic mass is 35.5. The molecule has 0 heterocycles. The maximum Gasteiger partial charge on any atom is 0.334 e. The zero-order chi connectivity index (χ0) is 14.6. The minimum Gasteiger partial charge on any atom is -0.466 e. The number of alkyl halides is 2. The minimum atomic E-state index is -0.495. The number of methoxy groups -OCH3 is 2. The van der Waals surface area contributed by atoms with Crippen LogP contribution in [0.2, 0.25) is 0 Å². The normalized spacial score (nSPS) is 41.0. The van der Waals surface area contributed by atoms with Crippen molar-refractivity contribution in [2.24, 2.45) is 23.7 Å². The van der Waals surface area contributed by atoms with E-state index in [2.05, 4.69) is 0 Å². The van der Waals surface area contributed by atoms with E-state index in [1.54, 1.807) is 0 Å². The maximum atomic E-state index is 12.1. The molecule has 0 aromatic rings. The van der Waals surface area contributed by atoms with E-state index in [0.29, 0.717) is 11.1 Å². The van der Waals surface area contributed by atoms with E-state index in [4.69, 9.17) is 32.7 Å². The summed E-state index contributed by atoms with van der Waals surface area (Å²) in [6.45, 7) is 0. The Morgan fingerprint density at radius 3 is 1.55 bits per heavy atom. The summed E-state index contributed by atoms with van der Waals surface area (Å²) >= 11 is 12.6. The van der Waals surface area contributed by atoms with E-state index < -0.39 is 11.9 Å². The topological polar surface area (TPSA) is 52.6 Å². The lowest BCUT2D eigenvalue weighted by Crippen LogP contribution is -2.61. The molecule has 4 aliphatic carbocycles. The number of halogens is 2. The molecular weight excluding hydrogens is 303 g/mol. The van der Waals surface area contributed by atoms with Crippen molar-refractivity contribution >= 4 is 35.1 Å². The van der Waals surface area contributed by atoms with Gasteiger partial charge >= 0.3 is 11.9 Å². The maximum absolute atomic E-state index is 12.1. The lowest BCUT2D eigenvalue weighted by molar-refractivity contribution is -0.142. The van der Waals surface area contributed by atoms with E-state index in [9.17, 15) is 9.59 Å². The lowest BCUT2D eigenvalue weighted by Gasteiger charge is -2.57. The first kappa shape index (κ1) is 14.0. The molecule has 108 valence electrons. The second kappa shape index (κ2) is 4.78. The Morgan fingerprint density at radius 2 is 1.25 bits per heavy atom. The predicted octanol–water partition coefficient (Wildman–Crippen LogP) is 1.91. The van der Waals surface area contributed by atoms with E-state index in [1.807, 2.05) is 12.2 Å². The molecule has 0 aromatic carbocycles. The number of carbonyl (C=O) groups excluding carboxylic acids is 2. The summed E-state index contributed by atoms with van der Waals surface area (Å²) in [5.74, 6) is -1.27. The molecule has 2 bridgehead atoms. The third-order valence-corrected chi connectivity index (χ3v) is 5.86. The Labute approximate surface area is 126 Å². The van der Waals surface area contributed by atoms with Crippen LogP contribution in [0.1, 0.15) is 0 Å². The van der Waals surface area contributed by atoms with Gasteiger partial charge in [-0.2, -0.15) is 0 Å². The van der Waals surface area contributed by atoms with Crippen LogP contribution < -0.4 is 0 Å². The van der Waals surface area contributed by atoms with Gasteiger partial charge in [0.15, 0.2) is 0 Å². The van der Waals surface area contributed by atoms with Crippen LogP contribution in [0.4, 0.5) is 0 Å². The first-order valence-electron chi connectivity index (χ1n) is 6.40. The summed E-state index contributed by atoms with van der Waals surface area (Å²) in [4.78, 5) is 24.1. The molecule has 0 radical (unpaired) electrons. The van der Waals surface area contributed by atoms with Gasteiger partial charge in [0.25, 0.3) is 0 Å². The van der Waals surface area contributed by atoms with Gasteiger partial charge in [-0.25, -0.2) is 9.59 Å². The Bertz CT molecular complexity index is 493.